The number of carbonyl (C=O) groups is 1. The van der Waals surface area contributed by atoms with Crippen LogP contribution in [0.2, 0.25) is 0 Å². The molecule has 2 heterocycles. The number of ether oxygens (including phenoxy) is 1. The number of carbonyl (C=O) groups excluding carboxylic acids is 1. The summed E-state index contributed by atoms with van der Waals surface area (Å²) in [6, 6.07) is 0.00102. The third kappa shape index (κ3) is 3.17. The highest BCUT2D eigenvalue weighted by atomic mass is 79.9. The maximum atomic E-state index is 12.2. The molecule has 0 radical (unpaired) electrons. The number of hydrogen-bond donors (Lipinski definition) is 2. The van der Waals surface area contributed by atoms with Gasteiger partial charge in [-0.3, -0.25) is 9.89 Å². The van der Waals surface area contributed by atoms with Gasteiger partial charge in [0.25, 0.3) is 5.91 Å². The van der Waals surface area contributed by atoms with Crippen molar-refractivity contribution in [3.8, 4) is 0 Å². The Labute approximate surface area is 121 Å². The molecule has 5 nitrogen and oxygen atoms in total. The number of aromatic amines is 1. The van der Waals surface area contributed by atoms with Gasteiger partial charge in [0.1, 0.15) is 0 Å². The van der Waals surface area contributed by atoms with Crippen LogP contribution in [-0.4, -0.2) is 34.9 Å². The summed E-state index contributed by atoms with van der Waals surface area (Å²) in [6.07, 6.45) is 2.18. The molecule has 0 unspecified atom stereocenters. The fourth-order valence-corrected chi connectivity index (χ4v) is 3.06. The van der Waals surface area contributed by atoms with Crippen molar-refractivity contribution in [2.24, 2.45) is 0 Å². The molecule has 1 aromatic rings. The Bertz CT molecular complexity index is 453. The summed E-state index contributed by atoms with van der Waals surface area (Å²) < 4.78 is 6.32. The Morgan fingerprint density at radius 3 is 2.79 bits per heavy atom. The van der Waals surface area contributed by atoms with Crippen LogP contribution in [0.15, 0.2) is 4.47 Å². The lowest BCUT2D eigenvalue weighted by atomic mass is 10.1. The van der Waals surface area contributed by atoms with Crippen LogP contribution in [0.5, 0.6) is 0 Å². The van der Waals surface area contributed by atoms with Gasteiger partial charge in [0.15, 0.2) is 5.69 Å². The van der Waals surface area contributed by atoms with E-state index in [9.17, 15) is 4.79 Å². The number of aromatic nitrogens is 2. The number of hydrogen-bond acceptors (Lipinski definition) is 3. The number of amides is 1. The van der Waals surface area contributed by atoms with Crippen LogP contribution >= 0.6 is 15.9 Å². The smallest absolute Gasteiger partial charge is 0.273 e. The maximum Gasteiger partial charge on any atom is 0.273 e. The van der Waals surface area contributed by atoms with Gasteiger partial charge in [0, 0.05) is 6.61 Å². The van der Waals surface area contributed by atoms with E-state index in [1.54, 1.807) is 0 Å². The van der Waals surface area contributed by atoms with E-state index in [4.69, 9.17) is 4.74 Å². The molecule has 1 fully saturated rings. The van der Waals surface area contributed by atoms with Gasteiger partial charge >= 0.3 is 0 Å². The first-order valence-corrected chi connectivity index (χ1v) is 7.46. The van der Waals surface area contributed by atoms with Crippen LogP contribution in [0.4, 0.5) is 0 Å². The first-order valence-electron chi connectivity index (χ1n) is 6.67. The van der Waals surface area contributed by atoms with Crippen LogP contribution in [0.1, 0.15) is 55.7 Å². The summed E-state index contributed by atoms with van der Waals surface area (Å²) in [7, 11) is 0. The van der Waals surface area contributed by atoms with E-state index in [1.807, 2.05) is 6.92 Å². The van der Waals surface area contributed by atoms with E-state index in [1.165, 1.54) is 0 Å². The van der Waals surface area contributed by atoms with E-state index in [0.29, 0.717) is 11.6 Å². The van der Waals surface area contributed by atoms with Crippen molar-refractivity contribution in [1.82, 2.24) is 15.5 Å². The van der Waals surface area contributed by atoms with Crippen LogP contribution in [0, 0.1) is 0 Å². The Morgan fingerprint density at radius 1 is 1.53 bits per heavy atom. The molecule has 106 valence electrons. The largest absolute Gasteiger partial charge is 0.376 e. The summed E-state index contributed by atoms with van der Waals surface area (Å²) in [5.41, 5.74) is 1.35. The lowest BCUT2D eigenvalue weighted by molar-refractivity contribution is 0.0709. The zero-order chi connectivity index (χ0) is 14.0. The molecule has 0 aliphatic carbocycles. The second-order valence-electron chi connectivity index (χ2n) is 5.27. The normalized spacial score (nSPS) is 20.8. The van der Waals surface area contributed by atoms with Gasteiger partial charge in [-0.25, -0.2) is 0 Å². The van der Waals surface area contributed by atoms with Gasteiger partial charge in [0.05, 0.1) is 22.3 Å². The summed E-state index contributed by atoms with van der Waals surface area (Å²) in [5, 5.41) is 9.95. The fourth-order valence-electron chi connectivity index (χ4n) is 2.24. The van der Waals surface area contributed by atoms with Crippen LogP contribution < -0.4 is 5.32 Å². The van der Waals surface area contributed by atoms with Crippen molar-refractivity contribution < 1.29 is 9.53 Å². The second-order valence-corrected chi connectivity index (χ2v) is 6.06. The highest BCUT2D eigenvalue weighted by molar-refractivity contribution is 9.10. The average Bonchev–Trinajstić information content (AvgIpc) is 2.96. The van der Waals surface area contributed by atoms with Gasteiger partial charge in [-0.15, -0.1) is 0 Å². The molecule has 19 heavy (non-hydrogen) atoms. The highest BCUT2D eigenvalue weighted by Gasteiger charge is 2.26. The second kappa shape index (κ2) is 6.05. The minimum absolute atomic E-state index is 0.00102. The molecular formula is C13H20BrN3O2. The summed E-state index contributed by atoms with van der Waals surface area (Å²) >= 11 is 3.44. The van der Waals surface area contributed by atoms with Crippen molar-refractivity contribution in [3.63, 3.8) is 0 Å². The fraction of sp³-hybridized carbons (Fsp3) is 0.692. The highest BCUT2D eigenvalue weighted by Crippen LogP contribution is 2.25. The molecule has 6 heteroatoms. The van der Waals surface area contributed by atoms with E-state index < -0.39 is 0 Å². The maximum absolute atomic E-state index is 12.2. The van der Waals surface area contributed by atoms with E-state index in [0.717, 1.165) is 29.6 Å². The van der Waals surface area contributed by atoms with E-state index in [2.05, 4.69) is 45.3 Å². The van der Waals surface area contributed by atoms with Gasteiger partial charge in [-0.1, -0.05) is 13.8 Å². The molecule has 1 saturated heterocycles. The molecule has 0 saturated carbocycles. The summed E-state index contributed by atoms with van der Waals surface area (Å²) in [4.78, 5) is 12.2. The minimum Gasteiger partial charge on any atom is -0.376 e. The monoisotopic (exact) mass is 329 g/mol. The van der Waals surface area contributed by atoms with Crippen LogP contribution in [-0.2, 0) is 4.74 Å². The zero-order valence-corrected chi connectivity index (χ0v) is 13.1. The molecule has 1 amide bonds. The third-order valence-corrected chi connectivity index (χ3v) is 4.21. The molecule has 1 aliphatic heterocycles. The number of nitrogens with one attached hydrogen (secondary N) is 2. The van der Waals surface area contributed by atoms with E-state index in [-0.39, 0.29) is 18.1 Å². The molecular weight excluding hydrogens is 310 g/mol. The molecule has 2 N–H and O–H groups in total. The predicted molar refractivity (Wildman–Crippen MR) is 76.3 cm³/mol. The quantitative estimate of drug-likeness (QED) is 0.892. The van der Waals surface area contributed by atoms with Gasteiger partial charge < -0.3 is 10.1 Å². The molecule has 2 rings (SSSR count). The molecule has 1 aromatic heterocycles. The van der Waals surface area contributed by atoms with Crippen molar-refractivity contribution >= 4 is 21.8 Å². The van der Waals surface area contributed by atoms with Gasteiger partial charge in [-0.05, 0) is 41.6 Å². The molecule has 2 atom stereocenters. The molecule has 1 aliphatic rings. The standard InChI is InChI=1S/C13H20BrN3O2/c1-7(2)11-10(14)12(17-16-11)13(18)15-8(3)9-5-4-6-19-9/h7-9H,4-6H2,1-3H3,(H,15,18)(H,16,17)/t8-,9-/m1/s1. The molecule has 0 spiro atoms. The lowest BCUT2D eigenvalue weighted by Gasteiger charge is -2.19. The Balaban J connectivity index is 2.03. The molecule has 0 aromatic carbocycles. The van der Waals surface area contributed by atoms with Crippen molar-refractivity contribution in [3.05, 3.63) is 15.9 Å². The van der Waals surface area contributed by atoms with Crippen molar-refractivity contribution in [2.45, 2.75) is 51.7 Å². The Kier molecular flexibility index (Phi) is 4.62. The SMILES string of the molecule is CC(C)c1[nH]nc(C(=O)N[C@H](C)[C@H]2CCCO2)c1Br. The van der Waals surface area contributed by atoms with Gasteiger partial charge in [0.2, 0.25) is 0 Å². The lowest BCUT2D eigenvalue weighted by Crippen LogP contribution is -2.41. The van der Waals surface area contributed by atoms with Crippen LogP contribution in [0.3, 0.4) is 0 Å². The summed E-state index contributed by atoms with van der Waals surface area (Å²) in [6.45, 7) is 6.86. The zero-order valence-electron chi connectivity index (χ0n) is 11.5. The van der Waals surface area contributed by atoms with Crippen LogP contribution in [0.25, 0.3) is 0 Å². The van der Waals surface area contributed by atoms with E-state index >= 15 is 0 Å². The average molecular weight is 330 g/mol. The van der Waals surface area contributed by atoms with Crippen molar-refractivity contribution in [2.75, 3.05) is 6.61 Å². The number of rotatable bonds is 4. The Morgan fingerprint density at radius 2 is 2.26 bits per heavy atom. The minimum atomic E-state index is -0.168. The molecule has 0 bridgehead atoms. The van der Waals surface area contributed by atoms with Crippen molar-refractivity contribution in [1.29, 1.82) is 0 Å². The van der Waals surface area contributed by atoms with Gasteiger partial charge in [-0.2, -0.15) is 5.10 Å². The predicted octanol–water partition coefficient (Wildman–Crippen LogP) is 2.59. The topological polar surface area (TPSA) is 67.0 Å². The summed E-state index contributed by atoms with van der Waals surface area (Å²) in [5.74, 6) is 0.122. The first kappa shape index (κ1) is 14.5. The number of nitrogens with zero attached hydrogens (tertiary/aromatic N) is 1. The third-order valence-electron chi connectivity index (χ3n) is 3.41. The first-order chi connectivity index (χ1) is 9.00. The number of halogens is 1. The number of H-pyrrole nitrogens is 1. The Hall–Kier alpha value is -0.880.